The number of carbonyl (C=O) groups is 1. The molecule has 1 aliphatic heterocycles. The number of nitrogens with zero attached hydrogens (tertiary/aromatic N) is 2. The van der Waals surface area contributed by atoms with E-state index in [1.807, 2.05) is 36.4 Å². The molecule has 8 nitrogen and oxygen atoms in total. The van der Waals surface area contributed by atoms with Crippen molar-refractivity contribution in [3.8, 4) is 0 Å². The lowest BCUT2D eigenvalue weighted by molar-refractivity contribution is -0.268. The number of aliphatic hydroxyl groups is 1. The Morgan fingerprint density at radius 3 is 2.47 bits per heavy atom. The van der Waals surface area contributed by atoms with Crippen molar-refractivity contribution in [1.82, 2.24) is 9.97 Å². The van der Waals surface area contributed by atoms with Gasteiger partial charge in [-0.2, -0.15) is 0 Å². The summed E-state index contributed by atoms with van der Waals surface area (Å²) in [5, 5.41) is 12.8. The van der Waals surface area contributed by atoms with E-state index in [0.717, 1.165) is 16.7 Å². The molecule has 1 aromatic heterocycles. The van der Waals surface area contributed by atoms with Crippen LogP contribution in [0, 0.1) is 5.92 Å². The van der Waals surface area contributed by atoms with Crippen molar-refractivity contribution in [2.24, 2.45) is 5.92 Å². The zero-order valence-corrected chi connectivity index (χ0v) is 20.8. The summed E-state index contributed by atoms with van der Waals surface area (Å²) < 4.78 is 17.8. The van der Waals surface area contributed by atoms with E-state index in [2.05, 4.69) is 28.8 Å². The Morgan fingerprint density at radius 2 is 1.81 bits per heavy atom. The monoisotopic (exact) mass is 507 g/mol. The second kappa shape index (κ2) is 12.6. The Morgan fingerprint density at radius 1 is 1.11 bits per heavy atom. The third kappa shape index (κ3) is 6.70. The fourth-order valence-corrected chi connectivity index (χ4v) is 4.80. The van der Waals surface area contributed by atoms with Crippen molar-refractivity contribution in [1.29, 1.82) is 0 Å². The minimum Gasteiger partial charge on any atom is -0.445 e. The van der Waals surface area contributed by atoms with Gasteiger partial charge in [0.2, 0.25) is 0 Å². The van der Waals surface area contributed by atoms with Gasteiger partial charge >= 0.3 is 6.09 Å². The summed E-state index contributed by atoms with van der Waals surface area (Å²) in [5.74, 6) is 0.711. The highest BCUT2D eigenvalue weighted by Gasteiger charge is 2.38. The zero-order chi connectivity index (χ0) is 25.3. The van der Waals surface area contributed by atoms with E-state index in [0.29, 0.717) is 16.6 Å². The third-order valence-electron chi connectivity index (χ3n) is 5.80. The SMILES string of the molecule is C=CCOC(=O)Nc1ccc([C@@H]2O[C@H](CSc3ncccn3)[C@H](C)[C@H](c3ccc(CO)cc3)O2)cc1. The maximum atomic E-state index is 11.8. The highest BCUT2D eigenvalue weighted by molar-refractivity contribution is 7.99. The van der Waals surface area contributed by atoms with E-state index < -0.39 is 12.4 Å². The summed E-state index contributed by atoms with van der Waals surface area (Å²) in [5.41, 5.74) is 3.29. The van der Waals surface area contributed by atoms with Crippen LogP contribution < -0.4 is 5.32 Å². The van der Waals surface area contributed by atoms with E-state index in [4.69, 9.17) is 14.2 Å². The number of amides is 1. The Balaban J connectivity index is 1.52. The van der Waals surface area contributed by atoms with Crippen LogP contribution in [0.4, 0.5) is 10.5 Å². The molecule has 9 heteroatoms. The van der Waals surface area contributed by atoms with Gasteiger partial charge in [0, 0.05) is 35.3 Å². The average molecular weight is 508 g/mol. The molecule has 0 spiro atoms. The Hall–Kier alpha value is -3.24. The van der Waals surface area contributed by atoms with Crippen molar-refractivity contribution in [2.45, 2.75) is 37.2 Å². The normalized spacial score (nSPS) is 21.5. The molecule has 3 aromatic rings. The van der Waals surface area contributed by atoms with E-state index in [1.54, 1.807) is 42.4 Å². The third-order valence-corrected chi connectivity index (χ3v) is 6.77. The van der Waals surface area contributed by atoms with Crippen LogP contribution in [0.15, 0.2) is 84.8 Å². The van der Waals surface area contributed by atoms with Crippen LogP contribution in [0.3, 0.4) is 0 Å². The highest BCUT2D eigenvalue weighted by atomic mass is 32.2. The minimum absolute atomic E-state index is 0.00898. The molecule has 2 aromatic carbocycles. The number of rotatable bonds is 9. The molecule has 36 heavy (non-hydrogen) atoms. The molecule has 4 atom stereocenters. The van der Waals surface area contributed by atoms with Gasteiger partial charge < -0.3 is 19.3 Å². The number of aliphatic hydroxyl groups excluding tert-OH is 1. The second-order valence-corrected chi connectivity index (χ2v) is 9.29. The van der Waals surface area contributed by atoms with Crippen LogP contribution in [0.25, 0.3) is 0 Å². The van der Waals surface area contributed by atoms with Crippen molar-refractivity contribution < 1.29 is 24.1 Å². The molecule has 1 aliphatic rings. The smallest absolute Gasteiger partial charge is 0.411 e. The molecule has 0 saturated carbocycles. The van der Waals surface area contributed by atoms with Crippen LogP contribution in [-0.2, 0) is 20.8 Å². The van der Waals surface area contributed by atoms with Gasteiger partial charge in [0.15, 0.2) is 11.4 Å². The van der Waals surface area contributed by atoms with Gasteiger partial charge in [0.05, 0.1) is 18.8 Å². The van der Waals surface area contributed by atoms with E-state index in [1.165, 1.54) is 6.08 Å². The first-order valence-corrected chi connectivity index (χ1v) is 12.6. The molecule has 0 radical (unpaired) electrons. The summed E-state index contributed by atoms with van der Waals surface area (Å²) >= 11 is 1.54. The molecule has 1 amide bonds. The Bertz CT molecular complexity index is 1130. The lowest BCUT2D eigenvalue weighted by Gasteiger charge is -2.41. The molecule has 0 bridgehead atoms. The van der Waals surface area contributed by atoms with E-state index in [-0.39, 0.29) is 31.3 Å². The topological polar surface area (TPSA) is 103 Å². The largest absolute Gasteiger partial charge is 0.445 e. The van der Waals surface area contributed by atoms with Crippen molar-refractivity contribution in [2.75, 3.05) is 17.7 Å². The maximum absolute atomic E-state index is 11.8. The number of anilines is 1. The van der Waals surface area contributed by atoms with E-state index >= 15 is 0 Å². The molecule has 2 N–H and O–H groups in total. The number of nitrogens with one attached hydrogen (secondary N) is 1. The summed E-state index contributed by atoms with van der Waals surface area (Å²) in [4.78, 5) is 20.4. The number of hydrogen-bond donors (Lipinski definition) is 2. The number of benzene rings is 2. The zero-order valence-electron chi connectivity index (χ0n) is 19.9. The molecule has 1 fully saturated rings. The Labute approximate surface area is 214 Å². The predicted molar refractivity (Wildman–Crippen MR) is 137 cm³/mol. The number of aromatic nitrogens is 2. The van der Waals surface area contributed by atoms with E-state index in [9.17, 15) is 9.90 Å². The fraction of sp³-hybridized carbons (Fsp3) is 0.296. The van der Waals surface area contributed by atoms with Gasteiger partial charge in [-0.3, -0.25) is 5.32 Å². The first-order chi connectivity index (χ1) is 17.6. The van der Waals surface area contributed by atoms with Crippen LogP contribution >= 0.6 is 11.8 Å². The minimum atomic E-state index is -0.604. The molecule has 0 unspecified atom stereocenters. The van der Waals surface area contributed by atoms with Gasteiger partial charge in [-0.15, -0.1) is 0 Å². The average Bonchev–Trinajstić information content (AvgIpc) is 2.92. The van der Waals surface area contributed by atoms with Crippen LogP contribution in [0.1, 0.15) is 36.0 Å². The first-order valence-electron chi connectivity index (χ1n) is 11.6. The van der Waals surface area contributed by atoms with Crippen LogP contribution in [-0.4, -0.2) is 39.6 Å². The summed E-state index contributed by atoms with van der Waals surface area (Å²) in [6.45, 7) is 5.77. The fourth-order valence-electron chi connectivity index (χ4n) is 3.84. The second-order valence-electron chi connectivity index (χ2n) is 8.30. The maximum Gasteiger partial charge on any atom is 0.411 e. The quantitative estimate of drug-likeness (QED) is 0.229. The van der Waals surface area contributed by atoms with Gasteiger partial charge in [0.25, 0.3) is 0 Å². The predicted octanol–water partition coefficient (Wildman–Crippen LogP) is 5.29. The standard InChI is InChI=1S/C27H29N3O5S/c1-3-15-33-27(32)30-22-11-9-21(10-12-22)25-34-23(17-36-26-28-13-4-14-29-26)18(2)24(35-25)20-7-5-19(16-31)6-8-20/h3-14,18,23-25,31H,1,15-17H2,2H3,(H,30,32)/t18-,23+,24+,25+/m0/s1. The molecule has 4 rings (SSSR count). The summed E-state index contributed by atoms with van der Waals surface area (Å²) in [6, 6.07) is 16.9. The lowest BCUT2D eigenvalue weighted by atomic mass is 9.91. The molecule has 1 saturated heterocycles. The van der Waals surface area contributed by atoms with Gasteiger partial charge in [0.1, 0.15) is 6.61 Å². The van der Waals surface area contributed by atoms with Crippen LogP contribution in [0.5, 0.6) is 0 Å². The number of thioether (sulfide) groups is 1. The van der Waals surface area contributed by atoms with Crippen molar-refractivity contribution >= 4 is 23.5 Å². The Kier molecular flexibility index (Phi) is 9.07. The van der Waals surface area contributed by atoms with Crippen molar-refractivity contribution in [3.63, 3.8) is 0 Å². The summed E-state index contributed by atoms with van der Waals surface area (Å²) in [7, 11) is 0. The molecule has 2 heterocycles. The molecule has 0 aliphatic carbocycles. The molecule has 188 valence electrons. The number of ether oxygens (including phenoxy) is 3. The molecular formula is C27H29N3O5S. The summed E-state index contributed by atoms with van der Waals surface area (Å²) in [6.07, 6.45) is 3.45. The van der Waals surface area contributed by atoms with Crippen molar-refractivity contribution in [3.05, 3.63) is 96.3 Å². The first kappa shape index (κ1) is 25.8. The lowest BCUT2D eigenvalue weighted by Crippen LogP contribution is -2.38. The number of carbonyl (C=O) groups excluding carboxylic acids is 1. The van der Waals surface area contributed by atoms with Gasteiger partial charge in [-0.05, 0) is 29.3 Å². The van der Waals surface area contributed by atoms with Gasteiger partial charge in [-0.25, -0.2) is 14.8 Å². The van der Waals surface area contributed by atoms with Gasteiger partial charge in [-0.1, -0.05) is 67.7 Å². The highest BCUT2D eigenvalue weighted by Crippen LogP contribution is 2.42. The van der Waals surface area contributed by atoms with Crippen LogP contribution in [0.2, 0.25) is 0 Å². The molecular weight excluding hydrogens is 478 g/mol. The number of hydrogen-bond acceptors (Lipinski definition) is 8.